The average molecular weight is 355 g/mol. The number of aromatic nitrogens is 3. The lowest BCUT2D eigenvalue weighted by molar-refractivity contribution is 0.0740. The molecule has 0 aliphatic carbocycles. The van der Waals surface area contributed by atoms with E-state index in [1.165, 1.54) is 16.6 Å². The van der Waals surface area contributed by atoms with Crippen molar-refractivity contribution in [2.45, 2.75) is 6.92 Å². The largest absolute Gasteiger partial charge is 0.366 e. The van der Waals surface area contributed by atoms with Crippen LogP contribution in [0, 0.1) is 12.7 Å². The van der Waals surface area contributed by atoms with Crippen molar-refractivity contribution in [3.05, 3.63) is 64.1 Å². The number of aryl methyl sites for hydroxylation is 1. The highest BCUT2D eigenvalue weighted by Gasteiger charge is 2.25. The van der Waals surface area contributed by atoms with E-state index in [0.29, 0.717) is 43.1 Å². The molecule has 0 bridgehead atoms. The highest BCUT2D eigenvalue weighted by molar-refractivity contribution is 5.93. The van der Waals surface area contributed by atoms with E-state index in [4.69, 9.17) is 0 Å². The van der Waals surface area contributed by atoms with E-state index in [1.807, 2.05) is 4.90 Å². The quantitative estimate of drug-likeness (QED) is 0.755. The number of H-pyrrole nitrogens is 1. The molecule has 0 saturated carbocycles. The Kier molecular flexibility index (Phi) is 3.95. The summed E-state index contributed by atoms with van der Waals surface area (Å²) in [6.07, 6.45) is 1.67. The molecule has 0 radical (unpaired) electrons. The van der Waals surface area contributed by atoms with Crippen LogP contribution in [0.25, 0.3) is 5.52 Å². The van der Waals surface area contributed by atoms with Crippen molar-refractivity contribution in [3.8, 4) is 0 Å². The second-order valence-corrected chi connectivity index (χ2v) is 6.36. The molecule has 134 valence electrons. The van der Waals surface area contributed by atoms with Gasteiger partial charge in [-0.2, -0.15) is 5.10 Å². The lowest BCUT2D eigenvalue weighted by atomic mass is 10.2. The van der Waals surface area contributed by atoms with Crippen molar-refractivity contribution in [1.82, 2.24) is 19.5 Å². The summed E-state index contributed by atoms with van der Waals surface area (Å²) in [5.74, 6) is -0.485. The first-order chi connectivity index (χ1) is 12.5. The molecule has 4 rings (SSSR count). The third-order valence-electron chi connectivity index (χ3n) is 4.57. The highest BCUT2D eigenvalue weighted by atomic mass is 19.1. The molecular formula is C18H18FN5O2. The van der Waals surface area contributed by atoms with Crippen LogP contribution in [0.2, 0.25) is 0 Å². The number of halogens is 1. The van der Waals surface area contributed by atoms with E-state index in [2.05, 4.69) is 10.1 Å². The molecule has 0 unspecified atom stereocenters. The number of carbonyl (C=O) groups is 1. The van der Waals surface area contributed by atoms with E-state index < -0.39 is 0 Å². The van der Waals surface area contributed by atoms with Crippen molar-refractivity contribution in [2.75, 3.05) is 31.1 Å². The van der Waals surface area contributed by atoms with Crippen molar-refractivity contribution in [1.29, 1.82) is 0 Å². The summed E-state index contributed by atoms with van der Waals surface area (Å²) in [7, 11) is 0. The average Bonchev–Trinajstić information content (AvgIpc) is 3.06. The molecule has 3 aromatic rings. The van der Waals surface area contributed by atoms with Crippen molar-refractivity contribution < 1.29 is 9.18 Å². The van der Waals surface area contributed by atoms with Gasteiger partial charge in [0.05, 0.1) is 5.69 Å². The fourth-order valence-electron chi connectivity index (χ4n) is 3.25. The number of hydrogen-bond donors (Lipinski definition) is 1. The number of para-hydroxylation sites is 1. The van der Waals surface area contributed by atoms with Crippen molar-refractivity contribution in [3.63, 3.8) is 0 Å². The monoisotopic (exact) mass is 355 g/mol. The molecular weight excluding hydrogens is 337 g/mol. The summed E-state index contributed by atoms with van der Waals surface area (Å²) in [6, 6.07) is 8.13. The van der Waals surface area contributed by atoms with Gasteiger partial charge in [-0.15, -0.1) is 0 Å². The maximum atomic E-state index is 13.9. The minimum absolute atomic E-state index is 0.223. The van der Waals surface area contributed by atoms with Gasteiger partial charge in [0.15, 0.2) is 5.69 Å². The van der Waals surface area contributed by atoms with Gasteiger partial charge in [0.1, 0.15) is 11.3 Å². The number of fused-ring (bicyclic) bond motifs is 1. The van der Waals surface area contributed by atoms with E-state index in [9.17, 15) is 14.0 Å². The number of benzene rings is 1. The predicted molar refractivity (Wildman–Crippen MR) is 95.1 cm³/mol. The van der Waals surface area contributed by atoms with Crippen LogP contribution in [0.4, 0.5) is 10.1 Å². The summed E-state index contributed by atoms with van der Waals surface area (Å²) in [4.78, 5) is 31.0. The van der Waals surface area contributed by atoms with E-state index in [-0.39, 0.29) is 23.0 Å². The topological polar surface area (TPSA) is 73.7 Å². The SMILES string of the molecule is Cc1cn2nc(C(=O)N3CCN(c4ccccc4F)CC3)cc2c(=O)[nH]1. The molecule has 7 nitrogen and oxygen atoms in total. The zero-order valence-electron chi connectivity index (χ0n) is 14.3. The summed E-state index contributed by atoms with van der Waals surface area (Å²) in [6.45, 7) is 3.78. The number of carbonyl (C=O) groups excluding carboxylic acids is 1. The highest BCUT2D eigenvalue weighted by Crippen LogP contribution is 2.20. The Hall–Kier alpha value is -3.16. The van der Waals surface area contributed by atoms with Crippen LogP contribution in [0.3, 0.4) is 0 Å². The number of rotatable bonds is 2. The molecule has 0 spiro atoms. The predicted octanol–water partition coefficient (Wildman–Crippen LogP) is 1.43. The number of anilines is 1. The first-order valence-corrected chi connectivity index (χ1v) is 8.41. The fraction of sp³-hybridized carbons (Fsp3) is 0.278. The van der Waals surface area contributed by atoms with Gasteiger partial charge in [0.25, 0.3) is 11.5 Å². The van der Waals surface area contributed by atoms with Crippen LogP contribution in [0.1, 0.15) is 16.2 Å². The van der Waals surface area contributed by atoms with Gasteiger partial charge < -0.3 is 14.8 Å². The van der Waals surface area contributed by atoms with Crippen molar-refractivity contribution >= 4 is 17.1 Å². The Bertz CT molecular complexity index is 1030. The number of piperazine rings is 1. The normalized spacial score (nSPS) is 14.8. The minimum Gasteiger partial charge on any atom is -0.366 e. The zero-order chi connectivity index (χ0) is 18.3. The molecule has 1 N–H and O–H groups in total. The van der Waals surface area contributed by atoms with Gasteiger partial charge in [0, 0.05) is 44.1 Å². The minimum atomic E-state index is -0.277. The second-order valence-electron chi connectivity index (χ2n) is 6.36. The fourth-order valence-corrected chi connectivity index (χ4v) is 3.25. The zero-order valence-corrected chi connectivity index (χ0v) is 14.3. The molecule has 0 atom stereocenters. The van der Waals surface area contributed by atoms with E-state index >= 15 is 0 Å². The molecule has 2 aromatic heterocycles. The first kappa shape index (κ1) is 16.3. The van der Waals surface area contributed by atoms with Crippen LogP contribution in [0.15, 0.2) is 41.3 Å². The summed E-state index contributed by atoms with van der Waals surface area (Å²) in [5.41, 5.74) is 1.52. The molecule has 8 heteroatoms. The van der Waals surface area contributed by atoms with Crippen molar-refractivity contribution in [2.24, 2.45) is 0 Å². The number of hydrogen-bond acceptors (Lipinski definition) is 4. The van der Waals surface area contributed by atoms with Gasteiger partial charge in [-0.05, 0) is 19.1 Å². The number of nitrogens with one attached hydrogen (secondary N) is 1. The second kappa shape index (κ2) is 6.29. The standard InChI is InChI=1S/C18H18FN5O2/c1-12-11-24-16(17(25)20-12)10-14(21-24)18(26)23-8-6-22(7-9-23)15-5-3-2-4-13(15)19/h2-5,10-11H,6-9H2,1H3,(H,20,25). The maximum Gasteiger partial charge on any atom is 0.274 e. The van der Waals surface area contributed by atoms with Gasteiger partial charge in [0.2, 0.25) is 0 Å². The maximum absolute atomic E-state index is 13.9. The molecule has 1 fully saturated rings. The lowest BCUT2D eigenvalue weighted by Crippen LogP contribution is -2.49. The smallest absolute Gasteiger partial charge is 0.274 e. The van der Waals surface area contributed by atoms with Crippen LogP contribution in [-0.4, -0.2) is 51.6 Å². The van der Waals surface area contributed by atoms with E-state index in [0.717, 1.165) is 0 Å². The van der Waals surface area contributed by atoms with Crippen LogP contribution in [0.5, 0.6) is 0 Å². The van der Waals surface area contributed by atoms with Gasteiger partial charge in [-0.3, -0.25) is 9.59 Å². The summed E-state index contributed by atoms with van der Waals surface area (Å²) in [5, 5.41) is 4.23. The molecule has 1 aliphatic rings. The third-order valence-corrected chi connectivity index (χ3v) is 4.57. The Balaban J connectivity index is 1.51. The van der Waals surface area contributed by atoms with Crippen LogP contribution in [-0.2, 0) is 0 Å². The first-order valence-electron chi connectivity index (χ1n) is 8.41. The number of amides is 1. The molecule has 1 aromatic carbocycles. The Morgan fingerprint density at radius 3 is 2.65 bits per heavy atom. The van der Waals surface area contributed by atoms with Gasteiger partial charge >= 0.3 is 0 Å². The molecule has 1 amide bonds. The Morgan fingerprint density at radius 1 is 1.19 bits per heavy atom. The number of aromatic amines is 1. The van der Waals surface area contributed by atoms with E-state index in [1.54, 1.807) is 36.2 Å². The van der Waals surface area contributed by atoms with Gasteiger partial charge in [-0.25, -0.2) is 8.91 Å². The summed E-state index contributed by atoms with van der Waals surface area (Å²) < 4.78 is 15.3. The number of nitrogens with zero attached hydrogens (tertiary/aromatic N) is 4. The van der Waals surface area contributed by atoms with Gasteiger partial charge in [-0.1, -0.05) is 12.1 Å². The third kappa shape index (κ3) is 2.83. The molecule has 1 saturated heterocycles. The molecule has 26 heavy (non-hydrogen) atoms. The van der Waals surface area contributed by atoms with Crippen LogP contribution >= 0.6 is 0 Å². The van der Waals surface area contributed by atoms with Crippen LogP contribution < -0.4 is 10.5 Å². The summed E-state index contributed by atoms with van der Waals surface area (Å²) >= 11 is 0. The molecule has 3 heterocycles. The lowest BCUT2D eigenvalue weighted by Gasteiger charge is -2.35. The Labute approximate surface area is 148 Å². The molecule has 1 aliphatic heterocycles. The Morgan fingerprint density at radius 2 is 1.92 bits per heavy atom.